The van der Waals surface area contributed by atoms with E-state index in [1.807, 2.05) is 19.9 Å². The minimum absolute atomic E-state index is 0.112. The third-order valence-electron chi connectivity index (χ3n) is 4.41. The Balaban J connectivity index is 2.10. The number of ketones is 1. The van der Waals surface area contributed by atoms with Crippen LogP contribution in [0.4, 0.5) is 0 Å². The zero-order chi connectivity index (χ0) is 19.5. The minimum atomic E-state index is -3.31. The van der Waals surface area contributed by atoms with Crippen molar-refractivity contribution in [1.82, 2.24) is 4.57 Å². The lowest BCUT2D eigenvalue weighted by atomic mass is 10.1. The van der Waals surface area contributed by atoms with Gasteiger partial charge in [-0.3, -0.25) is 4.79 Å². The molecule has 26 heavy (non-hydrogen) atoms. The number of aromatic nitrogens is 1. The van der Waals surface area contributed by atoms with E-state index in [4.69, 9.17) is 4.74 Å². The van der Waals surface area contributed by atoms with Gasteiger partial charge < -0.3 is 9.30 Å². The fraction of sp³-hybridized carbons (Fsp3) is 0.450. The molecule has 142 valence electrons. The molecule has 2 rings (SSSR count). The minimum Gasteiger partial charge on any atom is -0.485 e. The van der Waals surface area contributed by atoms with Gasteiger partial charge in [-0.05, 0) is 50.5 Å². The number of sulfone groups is 1. The van der Waals surface area contributed by atoms with E-state index in [2.05, 4.69) is 18.4 Å². The number of nitrogens with zero attached hydrogens (tertiary/aromatic N) is 1. The van der Waals surface area contributed by atoms with Gasteiger partial charge in [0.05, 0.1) is 4.90 Å². The van der Waals surface area contributed by atoms with Crippen LogP contribution in [0.25, 0.3) is 0 Å². The van der Waals surface area contributed by atoms with Crippen LogP contribution in [0.15, 0.2) is 35.2 Å². The van der Waals surface area contributed by atoms with Gasteiger partial charge in [-0.2, -0.15) is 0 Å². The molecular weight excluding hydrogens is 350 g/mol. The van der Waals surface area contributed by atoms with Gasteiger partial charge in [0.1, 0.15) is 5.75 Å². The largest absolute Gasteiger partial charge is 0.485 e. The van der Waals surface area contributed by atoms with Gasteiger partial charge in [0.15, 0.2) is 16.4 Å². The van der Waals surface area contributed by atoms with Crippen LogP contribution in [0.1, 0.15) is 42.0 Å². The maximum atomic E-state index is 12.6. The lowest BCUT2D eigenvalue weighted by Crippen LogP contribution is -2.13. The molecule has 0 aliphatic rings. The number of aryl methyl sites for hydroxylation is 1. The molecule has 0 amide bonds. The molecule has 0 fully saturated rings. The number of carbonyl (C=O) groups is 1. The number of Topliss-reactive ketones (excluding diaryl/α,β-unsaturated/α-hetero) is 1. The van der Waals surface area contributed by atoms with E-state index in [1.165, 1.54) is 12.1 Å². The molecule has 5 nitrogen and oxygen atoms in total. The molecule has 0 radical (unpaired) electrons. The summed E-state index contributed by atoms with van der Waals surface area (Å²) < 4.78 is 30.9. The lowest BCUT2D eigenvalue weighted by Gasteiger charge is -2.11. The highest BCUT2D eigenvalue weighted by atomic mass is 32.2. The number of ether oxygens (including phenoxy) is 1. The smallest absolute Gasteiger partial charge is 0.202 e. The number of hydrogen-bond acceptors (Lipinski definition) is 4. The summed E-state index contributed by atoms with van der Waals surface area (Å²) in [5, 5.41) is 0. The Labute approximate surface area is 155 Å². The van der Waals surface area contributed by atoms with E-state index in [1.54, 1.807) is 12.1 Å². The Bertz CT molecular complexity index is 895. The van der Waals surface area contributed by atoms with E-state index in [0.29, 0.717) is 17.2 Å². The molecule has 0 aliphatic heterocycles. The standard InChI is InChI=1S/C20H27NO4S/c1-14(2)9-10-21-15(3)11-19(16(21)4)20(22)13-25-17-7-6-8-18(12-17)26(5,23)24/h6-8,11-12,14H,9-10,13H2,1-5H3. The fourth-order valence-corrected chi connectivity index (χ4v) is 3.49. The Morgan fingerprint density at radius 3 is 2.50 bits per heavy atom. The van der Waals surface area contributed by atoms with Crippen molar-refractivity contribution in [2.45, 2.75) is 45.6 Å². The molecule has 0 aliphatic carbocycles. The summed E-state index contributed by atoms with van der Waals surface area (Å²) in [6, 6.07) is 8.09. The first kappa shape index (κ1) is 20.2. The van der Waals surface area contributed by atoms with Gasteiger partial charge in [0.2, 0.25) is 5.78 Å². The van der Waals surface area contributed by atoms with Crippen molar-refractivity contribution >= 4 is 15.6 Å². The van der Waals surface area contributed by atoms with Gasteiger partial charge >= 0.3 is 0 Å². The van der Waals surface area contributed by atoms with Gasteiger partial charge in [0, 0.05) is 29.8 Å². The van der Waals surface area contributed by atoms with E-state index >= 15 is 0 Å². The van der Waals surface area contributed by atoms with Crippen molar-refractivity contribution in [2.75, 3.05) is 12.9 Å². The SMILES string of the molecule is Cc1cc(C(=O)COc2cccc(S(C)(=O)=O)c2)c(C)n1CCC(C)C. The first-order valence-electron chi connectivity index (χ1n) is 8.72. The molecule has 0 spiro atoms. The molecule has 0 saturated heterocycles. The predicted molar refractivity (Wildman–Crippen MR) is 103 cm³/mol. The van der Waals surface area contributed by atoms with Crippen LogP contribution < -0.4 is 4.74 Å². The maximum absolute atomic E-state index is 12.6. The molecule has 1 heterocycles. The number of rotatable bonds is 8. The number of carbonyl (C=O) groups excluding carboxylic acids is 1. The Kier molecular flexibility index (Phi) is 6.29. The quantitative estimate of drug-likeness (QED) is 0.656. The van der Waals surface area contributed by atoms with E-state index < -0.39 is 9.84 Å². The van der Waals surface area contributed by atoms with E-state index in [9.17, 15) is 13.2 Å². The van der Waals surface area contributed by atoms with Crippen LogP contribution >= 0.6 is 0 Å². The number of benzene rings is 1. The summed E-state index contributed by atoms with van der Waals surface area (Å²) >= 11 is 0. The summed E-state index contributed by atoms with van der Waals surface area (Å²) in [5.74, 6) is 0.856. The van der Waals surface area contributed by atoms with Gasteiger partial charge in [-0.1, -0.05) is 19.9 Å². The van der Waals surface area contributed by atoms with E-state index in [-0.39, 0.29) is 17.3 Å². The highest BCUT2D eigenvalue weighted by molar-refractivity contribution is 7.90. The molecular formula is C20H27NO4S. The molecule has 1 aromatic carbocycles. The molecule has 0 saturated carbocycles. The van der Waals surface area contributed by atoms with Crippen LogP contribution in [0, 0.1) is 19.8 Å². The lowest BCUT2D eigenvalue weighted by molar-refractivity contribution is 0.0920. The number of hydrogen-bond donors (Lipinski definition) is 0. The van der Waals surface area contributed by atoms with Crippen LogP contribution in [-0.4, -0.2) is 31.6 Å². The summed E-state index contributed by atoms with van der Waals surface area (Å²) in [7, 11) is -3.31. The highest BCUT2D eigenvalue weighted by Gasteiger charge is 2.17. The second-order valence-electron chi connectivity index (χ2n) is 7.08. The van der Waals surface area contributed by atoms with Crippen LogP contribution in [-0.2, 0) is 16.4 Å². The van der Waals surface area contributed by atoms with Gasteiger partial charge in [-0.25, -0.2) is 8.42 Å². The molecule has 6 heteroatoms. The average Bonchev–Trinajstić information content (AvgIpc) is 2.84. The van der Waals surface area contributed by atoms with Crippen molar-refractivity contribution in [3.05, 3.63) is 47.3 Å². The van der Waals surface area contributed by atoms with Gasteiger partial charge in [-0.15, -0.1) is 0 Å². The van der Waals surface area contributed by atoms with E-state index in [0.717, 1.165) is 30.6 Å². The summed E-state index contributed by atoms with van der Waals surface area (Å²) in [5.41, 5.74) is 2.66. The van der Waals surface area contributed by atoms with Crippen molar-refractivity contribution in [3.8, 4) is 5.75 Å². The fourth-order valence-electron chi connectivity index (χ4n) is 2.84. The summed E-state index contributed by atoms with van der Waals surface area (Å²) in [6.45, 7) is 9.07. The highest BCUT2D eigenvalue weighted by Crippen LogP contribution is 2.20. The molecule has 0 unspecified atom stereocenters. The second-order valence-corrected chi connectivity index (χ2v) is 9.09. The molecule has 1 aromatic heterocycles. The van der Waals surface area contributed by atoms with Crippen molar-refractivity contribution in [1.29, 1.82) is 0 Å². The van der Waals surface area contributed by atoms with Crippen molar-refractivity contribution in [3.63, 3.8) is 0 Å². The first-order chi connectivity index (χ1) is 12.1. The zero-order valence-electron chi connectivity index (χ0n) is 16.1. The van der Waals surface area contributed by atoms with Crippen LogP contribution in [0.2, 0.25) is 0 Å². The Morgan fingerprint density at radius 2 is 1.88 bits per heavy atom. The maximum Gasteiger partial charge on any atom is 0.202 e. The third-order valence-corrected chi connectivity index (χ3v) is 5.52. The molecule has 0 bridgehead atoms. The predicted octanol–water partition coefficient (Wildman–Crippen LogP) is 3.82. The van der Waals surface area contributed by atoms with Crippen LogP contribution in [0.5, 0.6) is 5.75 Å². The summed E-state index contributed by atoms with van der Waals surface area (Å²) in [4.78, 5) is 12.7. The Hall–Kier alpha value is -2.08. The molecule has 0 atom stereocenters. The normalized spacial score (nSPS) is 11.8. The molecule has 0 N–H and O–H groups in total. The average molecular weight is 378 g/mol. The first-order valence-corrected chi connectivity index (χ1v) is 10.6. The topological polar surface area (TPSA) is 65.4 Å². The van der Waals surface area contributed by atoms with Crippen LogP contribution in [0.3, 0.4) is 0 Å². The third kappa shape index (κ3) is 4.97. The monoisotopic (exact) mass is 377 g/mol. The van der Waals surface area contributed by atoms with Gasteiger partial charge in [0.25, 0.3) is 0 Å². The Morgan fingerprint density at radius 1 is 1.19 bits per heavy atom. The van der Waals surface area contributed by atoms with Crippen molar-refractivity contribution in [2.24, 2.45) is 5.92 Å². The summed E-state index contributed by atoms with van der Waals surface area (Å²) in [6.07, 6.45) is 2.20. The molecule has 2 aromatic rings. The second kappa shape index (κ2) is 8.08. The van der Waals surface area contributed by atoms with Crippen molar-refractivity contribution < 1.29 is 17.9 Å². The zero-order valence-corrected chi connectivity index (χ0v) is 16.9.